The topological polar surface area (TPSA) is 32.3 Å². The molecule has 78 valence electrons. The molecule has 1 fully saturated rings. The summed E-state index contributed by atoms with van der Waals surface area (Å²) in [6.07, 6.45) is 1.62. The molecule has 3 heterocycles. The van der Waals surface area contributed by atoms with Crippen LogP contribution in [0.1, 0.15) is 23.3 Å². The van der Waals surface area contributed by atoms with E-state index in [9.17, 15) is 4.79 Å². The van der Waals surface area contributed by atoms with Gasteiger partial charge in [-0.05, 0) is 17.9 Å². The molecule has 1 amide bonds. The average molecular weight is 238 g/mol. The van der Waals surface area contributed by atoms with Crippen LogP contribution in [0.2, 0.25) is 0 Å². The van der Waals surface area contributed by atoms with Gasteiger partial charge in [0.25, 0.3) is 0 Å². The first kappa shape index (κ1) is 9.30. The van der Waals surface area contributed by atoms with Crippen molar-refractivity contribution in [1.29, 1.82) is 0 Å². The molecule has 0 aliphatic carbocycles. The normalized spacial score (nSPS) is 24.5. The van der Waals surface area contributed by atoms with Gasteiger partial charge < -0.3 is 10.2 Å². The van der Waals surface area contributed by atoms with Crippen LogP contribution in [0.4, 0.5) is 0 Å². The van der Waals surface area contributed by atoms with Gasteiger partial charge in [0.1, 0.15) is 11.2 Å². The summed E-state index contributed by atoms with van der Waals surface area (Å²) >= 11 is 6.99. The zero-order valence-electron chi connectivity index (χ0n) is 8.03. The Balaban J connectivity index is 2.02. The molecule has 1 N–H and O–H groups in total. The molecule has 1 unspecified atom stereocenters. The molecular weight excluding hydrogens is 228 g/mol. The smallest absolute Gasteiger partial charge is 0.224 e. The highest BCUT2D eigenvalue weighted by molar-refractivity contribution is 7.80. The fourth-order valence-corrected chi connectivity index (χ4v) is 3.40. The molecule has 3 rings (SSSR count). The average Bonchev–Trinajstić information content (AvgIpc) is 2.76. The lowest BCUT2D eigenvalue weighted by molar-refractivity contribution is -0.129. The predicted octanol–water partition coefficient (Wildman–Crippen LogP) is 1.48. The fraction of sp³-hybridized carbons (Fsp3) is 0.400. The molecule has 1 saturated heterocycles. The monoisotopic (exact) mass is 238 g/mol. The van der Waals surface area contributed by atoms with Crippen LogP contribution in [0.15, 0.2) is 11.4 Å². The van der Waals surface area contributed by atoms with Crippen molar-refractivity contribution in [1.82, 2.24) is 10.2 Å². The van der Waals surface area contributed by atoms with Gasteiger partial charge in [0.15, 0.2) is 0 Å². The number of rotatable bonds is 0. The number of thiophene rings is 1. The number of thiocarbonyl (C=S) groups is 1. The van der Waals surface area contributed by atoms with Gasteiger partial charge in [-0.15, -0.1) is 11.3 Å². The Morgan fingerprint density at radius 1 is 1.60 bits per heavy atom. The highest BCUT2D eigenvalue weighted by Crippen LogP contribution is 2.28. The Hall–Kier alpha value is -0.940. The zero-order valence-corrected chi connectivity index (χ0v) is 9.66. The summed E-state index contributed by atoms with van der Waals surface area (Å²) in [4.78, 5) is 15.5. The van der Waals surface area contributed by atoms with E-state index < -0.39 is 0 Å². The Bertz CT molecular complexity index is 440. The van der Waals surface area contributed by atoms with Crippen molar-refractivity contribution < 1.29 is 4.79 Å². The number of fused-ring (bicyclic) bond motifs is 2. The Labute approximate surface area is 97.1 Å². The summed E-state index contributed by atoms with van der Waals surface area (Å²) in [6.45, 7) is 0.712. The van der Waals surface area contributed by atoms with Crippen LogP contribution < -0.4 is 5.32 Å². The number of nitrogens with zero attached hydrogens (tertiary/aromatic N) is 1. The second kappa shape index (κ2) is 3.28. The molecular formula is C10H10N2OS2. The van der Waals surface area contributed by atoms with Crippen molar-refractivity contribution in [3.05, 3.63) is 21.9 Å². The molecule has 3 nitrogen and oxygen atoms in total. The predicted molar refractivity (Wildman–Crippen MR) is 62.7 cm³/mol. The van der Waals surface area contributed by atoms with E-state index in [1.165, 1.54) is 4.88 Å². The van der Waals surface area contributed by atoms with Crippen LogP contribution in [0.25, 0.3) is 0 Å². The maximum absolute atomic E-state index is 11.6. The van der Waals surface area contributed by atoms with E-state index in [0.717, 1.165) is 17.0 Å². The minimum atomic E-state index is 0.115. The third-order valence-electron chi connectivity index (χ3n) is 2.93. The van der Waals surface area contributed by atoms with E-state index in [1.54, 1.807) is 11.3 Å². The minimum absolute atomic E-state index is 0.115. The molecule has 0 saturated carbocycles. The summed E-state index contributed by atoms with van der Waals surface area (Å²) in [6, 6.07) is 2.03. The first-order chi connectivity index (χ1) is 7.25. The van der Waals surface area contributed by atoms with Crippen molar-refractivity contribution >= 4 is 34.5 Å². The van der Waals surface area contributed by atoms with Gasteiger partial charge in [0.05, 0.1) is 6.54 Å². The molecule has 5 heteroatoms. The number of hydrogen-bond acceptors (Lipinski definition) is 3. The molecule has 2 aliphatic heterocycles. The van der Waals surface area contributed by atoms with E-state index in [1.807, 2.05) is 16.3 Å². The lowest BCUT2D eigenvalue weighted by Crippen LogP contribution is -2.42. The second-order valence-electron chi connectivity index (χ2n) is 3.81. The highest BCUT2D eigenvalue weighted by atomic mass is 32.1. The van der Waals surface area contributed by atoms with Gasteiger partial charge >= 0.3 is 0 Å². The molecule has 0 bridgehead atoms. The standard InChI is InChI=1S/C10H10N2OS2/c13-9-2-1-8-11-10(14)6-3-4-15-7(6)5-12(8)9/h3-4,8H,1-2,5H2,(H,11,14). The Morgan fingerprint density at radius 2 is 2.47 bits per heavy atom. The maximum atomic E-state index is 11.6. The van der Waals surface area contributed by atoms with E-state index >= 15 is 0 Å². The summed E-state index contributed by atoms with van der Waals surface area (Å²) < 4.78 is 0. The Kier molecular flexibility index (Phi) is 2.03. The van der Waals surface area contributed by atoms with Gasteiger partial charge in [-0.1, -0.05) is 12.2 Å². The van der Waals surface area contributed by atoms with Gasteiger partial charge in [0, 0.05) is 16.9 Å². The first-order valence-corrected chi connectivity index (χ1v) is 6.21. The molecule has 15 heavy (non-hydrogen) atoms. The summed E-state index contributed by atoms with van der Waals surface area (Å²) in [5.41, 5.74) is 1.09. The number of hydrogen-bond donors (Lipinski definition) is 1. The first-order valence-electron chi connectivity index (χ1n) is 4.92. The summed E-state index contributed by atoms with van der Waals surface area (Å²) in [7, 11) is 0. The van der Waals surface area contributed by atoms with Gasteiger partial charge in [-0.3, -0.25) is 4.79 Å². The zero-order chi connectivity index (χ0) is 10.4. The molecule has 0 radical (unpaired) electrons. The molecule has 1 atom stereocenters. The van der Waals surface area contributed by atoms with Crippen molar-refractivity contribution in [2.24, 2.45) is 0 Å². The highest BCUT2D eigenvalue weighted by Gasteiger charge is 2.34. The quantitative estimate of drug-likeness (QED) is 0.695. The van der Waals surface area contributed by atoms with E-state index in [2.05, 4.69) is 5.32 Å². The van der Waals surface area contributed by atoms with Crippen LogP contribution in [0.3, 0.4) is 0 Å². The van der Waals surface area contributed by atoms with Crippen molar-refractivity contribution in [2.45, 2.75) is 25.6 Å². The van der Waals surface area contributed by atoms with Crippen LogP contribution in [0, 0.1) is 0 Å². The molecule has 1 aromatic heterocycles. The maximum Gasteiger partial charge on any atom is 0.224 e. The third-order valence-corrected chi connectivity index (χ3v) is 4.17. The second-order valence-corrected chi connectivity index (χ2v) is 5.22. The van der Waals surface area contributed by atoms with Gasteiger partial charge in [0.2, 0.25) is 5.91 Å². The van der Waals surface area contributed by atoms with Crippen molar-refractivity contribution in [2.75, 3.05) is 0 Å². The number of amides is 1. The molecule has 2 aliphatic rings. The number of carbonyl (C=O) groups is 1. The molecule has 1 aromatic rings. The van der Waals surface area contributed by atoms with E-state index in [4.69, 9.17) is 12.2 Å². The largest absolute Gasteiger partial charge is 0.356 e. The number of carbonyl (C=O) groups excluding carboxylic acids is 1. The molecule has 0 aromatic carbocycles. The van der Waals surface area contributed by atoms with Crippen molar-refractivity contribution in [3.63, 3.8) is 0 Å². The van der Waals surface area contributed by atoms with Crippen LogP contribution in [0.5, 0.6) is 0 Å². The van der Waals surface area contributed by atoms with Gasteiger partial charge in [-0.25, -0.2) is 0 Å². The van der Waals surface area contributed by atoms with Crippen LogP contribution >= 0.6 is 23.6 Å². The van der Waals surface area contributed by atoms with E-state index in [0.29, 0.717) is 13.0 Å². The van der Waals surface area contributed by atoms with Crippen LogP contribution in [-0.4, -0.2) is 22.0 Å². The minimum Gasteiger partial charge on any atom is -0.356 e. The number of nitrogens with one attached hydrogen (secondary N) is 1. The van der Waals surface area contributed by atoms with Crippen LogP contribution in [-0.2, 0) is 11.3 Å². The Morgan fingerprint density at radius 3 is 3.33 bits per heavy atom. The van der Waals surface area contributed by atoms with E-state index in [-0.39, 0.29) is 12.1 Å². The lowest BCUT2D eigenvalue weighted by atomic mass is 10.2. The summed E-state index contributed by atoms with van der Waals surface area (Å²) in [5.74, 6) is 0.233. The van der Waals surface area contributed by atoms with Crippen molar-refractivity contribution in [3.8, 4) is 0 Å². The third kappa shape index (κ3) is 1.38. The van der Waals surface area contributed by atoms with Gasteiger partial charge in [-0.2, -0.15) is 0 Å². The fourth-order valence-electron chi connectivity index (χ4n) is 2.13. The SMILES string of the molecule is O=C1CCC2NC(=S)c3ccsc3CN12. The lowest BCUT2D eigenvalue weighted by Gasteiger charge is -2.22. The molecule has 0 spiro atoms. The summed E-state index contributed by atoms with van der Waals surface area (Å²) in [5, 5.41) is 5.28.